The average Bonchev–Trinajstić information content (AvgIpc) is 3.40. The van der Waals surface area contributed by atoms with Crippen molar-refractivity contribution in [2.24, 2.45) is 11.8 Å². The van der Waals surface area contributed by atoms with Gasteiger partial charge in [-0.05, 0) is 136 Å². The fourth-order valence-electron chi connectivity index (χ4n) is 9.53. The Morgan fingerprint density at radius 2 is 1.88 bits per heavy atom. The zero-order valence-corrected chi connectivity index (χ0v) is 31.4. The molecule has 2 heterocycles. The van der Waals surface area contributed by atoms with Gasteiger partial charge in [-0.3, -0.25) is 9.88 Å². The van der Waals surface area contributed by atoms with E-state index in [2.05, 4.69) is 59.2 Å². The molecule has 1 spiro atoms. The van der Waals surface area contributed by atoms with Gasteiger partial charge in [-0.1, -0.05) is 37.6 Å². The van der Waals surface area contributed by atoms with Crippen molar-refractivity contribution in [3.8, 4) is 11.5 Å². The van der Waals surface area contributed by atoms with Crippen LogP contribution in [0.15, 0.2) is 54.7 Å². The number of likely N-dealkylation sites (N-methyl/N-ethyl adjacent to an activating group) is 1. The lowest BCUT2D eigenvalue weighted by molar-refractivity contribution is -0.144. The lowest BCUT2D eigenvalue weighted by Gasteiger charge is -2.47. The summed E-state index contributed by atoms with van der Waals surface area (Å²) in [5.74, 6) is 2.30. The lowest BCUT2D eigenvalue weighted by Crippen LogP contribution is -2.53. The van der Waals surface area contributed by atoms with Gasteiger partial charge in [0.15, 0.2) is 0 Å². The van der Waals surface area contributed by atoms with Gasteiger partial charge >= 0.3 is 5.97 Å². The normalized spacial score (nSPS) is 27.1. The molecule has 1 aliphatic heterocycles. The fraction of sp³-hybridized carbons (Fsp3) is 0.571. The zero-order chi connectivity index (χ0) is 35.6. The van der Waals surface area contributed by atoms with Crippen molar-refractivity contribution in [2.45, 2.75) is 88.5 Å². The summed E-state index contributed by atoms with van der Waals surface area (Å²) in [4.78, 5) is 22.5. The number of aliphatic carboxylic acids is 1. The van der Waals surface area contributed by atoms with Gasteiger partial charge in [0.25, 0.3) is 0 Å². The monoisotopic (exact) mass is 714 g/mol. The number of carboxylic acids is 1. The van der Waals surface area contributed by atoms with Crippen LogP contribution in [0.25, 0.3) is 0 Å². The van der Waals surface area contributed by atoms with E-state index < -0.39 is 11.5 Å². The molecule has 1 saturated heterocycles. The molecule has 0 radical (unpaired) electrons. The molecule has 2 N–H and O–H groups in total. The van der Waals surface area contributed by atoms with Crippen LogP contribution >= 0.6 is 11.6 Å². The average molecular weight is 715 g/mol. The van der Waals surface area contributed by atoms with Crippen molar-refractivity contribution in [3.05, 3.63) is 82.1 Å². The number of benzene rings is 2. The summed E-state index contributed by atoms with van der Waals surface area (Å²) in [5, 5.41) is 14.7. The van der Waals surface area contributed by atoms with E-state index in [0.29, 0.717) is 48.8 Å². The molecule has 2 fully saturated rings. The van der Waals surface area contributed by atoms with Crippen LogP contribution in [0.5, 0.6) is 11.5 Å². The van der Waals surface area contributed by atoms with Crippen molar-refractivity contribution in [1.29, 1.82) is 0 Å². The number of anilines is 1. The Kier molecular flexibility index (Phi) is 10.8. The molecule has 3 aliphatic carbocycles. The Bertz CT molecular complexity index is 1680. The SMILES string of the molecule is C[C@@H](COc1ccnc2c1[C@H](C)CCC2)C[C@H]1Cc2ccc(OCCN3CCN(C)CC3)cc2C12CCC(Nc1cccc(Cl)c1)(C(=O)O)CC2. The van der Waals surface area contributed by atoms with Crippen LogP contribution in [-0.2, 0) is 23.1 Å². The number of halogens is 1. The fourth-order valence-corrected chi connectivity index (χ4v) is 9.72. The molecular weight excluding hydrogens is 660 g/mol. The van der Waals surface area contributed by atoms with E-state index in [0.717, 1.165) is 82.0 Å². The van der Waals surface area contributed by atoms with Crippen molar-refractivity contribution >= 4 is 23.3 Å². The number of hydrogen-bond donors (Lipinski definition) is 2. The number of carbonyl (C=O) groups is 1. The van der Waals surface area contributed by atoms with Gasteiger partial charge in [-0.2, -0.15) is 0 Å². The Morgan fingerprint density at radius 1 is 1.08 bits per heavy atom. The molecular formula is C42H55ClN4O4. The number of carboxylic acid groups (broad SMARTS) is 1. The minimum Gasteiger partial charge on any atom is -0.493 e. The maximum absolute atomic E-state index is 13.0. The lowest BCUT2D eigenvalue weighted by atomic mass is 9.59. The molecule has 4 aliphatic rings. The minimum absolute atomic E-state index is 0.125. The molecule has 7 rings (SSSR count). The third kappa shape index (κ3) is 7.74. The number of piperazine rings is 1. The summed E-state index contributed by atoms with van der Waals surface area (Å²) in [5.41, 5.74) is 4.80. The molecule has 3 atom stereocenters. The number of fused-ring (bicyclic) bond motifs is 3. The molecule has 9 heteroatoms. The number of hydrogen-bond acceptors (Lipinski definition) is 7. The quantitative estimate of drug-likeness (QED) is 0.196. The maximum Gasteiger partial charge on any atom is 0.329 e. The van der Waals surface area contributed by atoms with Crippen LogP contribution < -0.4 is 14.8 Å². The second-order valence-corrected chi connectivity index (χ2v) is 16.4. The number of aryl methyl sites for hydroxylation is 1. The highest BCUT2D eigenvalue weighted by molar-refractivity contribution is 6.30. The topological polar surface area (TPSA) is 87.2 Å². The number of nitrogens with one attached hydrogen (secondary N) is 1. The number of rotatable bonds is 12. The first-order valence-corrected chi connectivity index (χ1v) is 19.6. The van der Waals surface area contributed by atoms with E-state index in [1.165, 1.54) is 35.2 Å². The molecule has 8 nitrogen and oxygen atoms in total. The molecule has 274 valence electrons. The number of nitrogens with zero attached hydrogens (tertiary/aromatic N) is 3. The first-order chi connectivity index (χ1) is 24.6. The highest BCUT2D eigenvalue weighted by Crippen LogP contribution is 2.56. The van der Waals surface area contributed by atoms with Gasteiger partial charge in [0, 0.05) is 60.9 Å². The Labute approximate surface area is 308 Å². The van der Waals surface area contributed by atoms with E-state index in [4.69, 9.17) is 21.1 Å². The van der Waals surface area contributed by atoms with Crippen molar-refractivity contribution < 1.29 is 19.4 Å². The molecule has 1 saturated carbocycles. The molecule has 3 aromatic rings. The van der Waals surface area contributed by atoms with Crippen molar-refractivity contribution in [3.63, 3.8) is 0 Å². The third-order valence-corrected chi connectivity index (χ3v) is 12.8. The largest absolute Gasteiger partial charge is 0.493 e. The summed E-state index contributed by atoms with van der Waals surface area (Å²) in [7, 11) is 2.18. The minimum atomic E-state index is -1.05. The van der Waals surface area contributed by atoms with Gasteiger partial charge in [-0.25, -0.2) is 4.79 Å². The third-order valence-electron chi connectivity index (χ3n) is 12.5. The Morgan fingerprint density at radius 3 is 2.65 bits per heavy atom. The van der Waals surface area contributed by atoms with Crippen LogP contribution in [0.1, 0.15) is 87.1 Å². The predicted molar refractivity (Wildman–Crippen MR) is 204 cm³/mol. The molecule has 0 unspecified atom stereocenters. The van der Waals surface area contributed by atoms with Gasteiger partial charge < -0.3 is 24.8 Å². The van der Waals surface area contributed by atoms with E-state index in [-0.39, 0.29) is 5.41 Å². The highest BCUT2D eigenvalue weighted by Gasteiger charge is 2.54. The summed E-state index contributed by atoms with van der Waals surface area (Å²) in [6.45, 7) is 11.2. The summed E-state index contributed by atoms with van der Waals surface area (Å²) >= 11 is 6.30. The Hall–Kier alpha value is -3.33. The summed E-state index contributed by atoms with van der Waals surface area (Å²) < 4.78 is 13.0. The van der Waals surface area contributed by atoms with Crippen molar-refractivity contribution in [2.75, 3.05) is 58.3 Å². The number of ether oxygens (including phenoxy) is 2. The van der Waals surface area contributed by atoms with Gasteiger partial charge in [-0.15, -0.1) is 0 Å². The first kappa shape index (κ1) is 36.0. The molecule has 0 bridgehead atoms. The molecule has 1 aromatic heterocycles. The Balaban J connectivity index is 1.09. The molecule has 51 heavy (non-hydrogen) atoms. The standard InChI is InChI=1S/C42H55ClN4O4/c1-29(28-51-38-12-17-44-37-9-4-6-30(2)39(37)38)24-32-25-31-10-11-35(50-23-22-47-20-18-46(3)19-21-47)27-36(31)41(32)13-15-42(16-14-41,40(48)49)45-34-8-5-7-33(43)26-34/h5,7-8,10-12,17,26-27,29-30,32,45H,4,6,9,13-16,18-25,28H2,1-3H3,(H,48,49)/t29-,30-,32+,41?,42?/m1/s1. The van der Waals surface area contributed by atoms with Crippen molar-refractivity contribution in [1.82, 2.24) is 14.8 Å². The van der Waals surface area contributed by atoms with Gasteiger partial charge in [0.1, 0.15) is 23.6 Å². The smallest absolute Gasteiger partial charge is 0.329 e. The molecule has 0 amide bonds. The molecule has 2 aromatic carbocycles. The summed E-state index contributed by atoms with van der Waals surface area (Å²) in [6.07, 6.45) is 9.95. The predicted octanol–water partition coefficient (Wildman–Crippen LogP) is 7.83. The first-order valence-electron chi connectivity index (χ1n) is 19.2. The van der Waals surface area contributed by atoms with E-state index in [1.54, 1.807) is 0 Å². The van der Waals surface area contributed by atoms with E-state index in [9.17, 15) is 9.90 Å². The van der Waals surface area contributed by atoms with Crippen LogP contribution in [0.2, 0.25) is 5.02 Å². The maximum atomic E-state index is 13.0. The number of aromatic nitrogens is 1. The van der Waals surface area contributed by atoms with Gasteiger partial charge in [0.05, 0.1) is 6.61 Å². The second kappa shape index (κ2) is 15.3. The van der Waals surface area contributed by atoms with Gasteiger partial charge in [0.2, 0.25) is 0 Å². The van der Waals surface area contributed by atoms with Crippen LogP contribution in [0, 0.1) is 11.8 Å². The van der Waals surface area contributed by atoms with E-state index in [1.807, 2.05) is 36.5 Å². The summed E-state index contributed by atoms with van der Waals surface area (Å²) in [6, 6.07) is 16.2. The number of pyridine rings is 1. The van der Waals surface area contributed by atoms with Crippen LogP contribution in [0.4, 0.5) is 5.69 Å². The van der Waals surface area contributed by atoms with E-state index >= 15 is 0 Å². The highest BCUT2D eigenvalue weighted by atomic mass is 35.5. The second-order valence-electron chi connectivity index (χ2n) is 16.0. The zero-order valence-electron chi connectivity index (χ0n) is 30.6. The van der Waals surface area contributed by atoms with Crippen LogP contribution in [-0.4, -0.2) is 84.4 Å². The van der Waals surface area contributed by atoms with Crippen LogP contribution in [0.3, 0.4) is 0 Å².